The average Bonchev–Trinajstić information content (AvgIpc) is 2.65. The van der Waals surface area contributed by atoms with Crippen LogP contribution in [-0.2, 0) is 4.79 Å². The summed E-state index contributed by atoms with van der Waals surface area (Å²) < 4.78 is 0. The van der Waals surface area contributed by atoms with Crippen LogP contribution in [0.2, 0.25) is 0 Å². The maximum atomic E-state index is 11.4. The number of benzene rings is 1. The van der Waals surface area contributed by atoms with Gasteiger partial charge in [0.1, 0.15) is 0 Å². The molecule has 1 unspecified atom stereocenters. The fourth-order valence-electron chi connectivity index (χ4n) is 2.78. The second kappa shape index (κ2) is 3.96. The standard InChI is InChI=1S/C13H15N3O3/c14-10(13(11(17)18)4-1-5-13)7-2-3-8-9(6-7)16-12(19)15-8/h2-3,6,10H,1,4-5,14H2,(H,17,18)(H2,15,16,19). The molecule has 0 amide bonds. The van der Waals surface area contributed by atoms with Gasteiger partial charge in [-0.05, 0) is 30.5 Å². The molecule has 19 heavy (non-hydrogen) atoms. The lowest BCUT2D eigenvalue weighted by atomic mass is 9.62. The molecule has 0 saturated heterocycles. The minimum absolute atomic E-state index is 0.280. The number of rotatable bonds is 3. The summed E-state index contributed by atoms with van der Waals surface area (Å²) in [7, 11) is 0. The summed E-state index contributed by atoms with van der Waals surface area (Å²) in [4.78, 5) is 28.0. The number of nitrogens with two attached hydrogens (primary N) is 1. The number of nitrogens with one attached hydrogen (secondary N) is 2. The van der Waals surface area contributed by atoms with Crippen molar-refractivity contribution >= 4 is 17.0 Å². The maximum absolute atomic E-state index is 11.4. The van der Waals surface area contributed by atoms with Crippen LogP contribution in [0.5, 0.6) is 0 Å². The van der Waals surface area contributed by atoms with E-state index in [4.69, 9.17) is 5.73 Å². The van der Waals surface area contributed by atoms with E-state index in [1.165, 1.54) is 0 Å². The topological polar surface area (TPSA) is 112 Å². The molecule has 100 valence electrons. The molecule has 2 aromatic rings. The minimum atomic E-state index is -0.857. The van der Waals surface area contributed by atoms with Crippen molar-refractivity contribution in [3.05, 3.63) is 34.2 Å². The van der Waals surface area contributed by atoms with Crippen LogP contribution in [0.1, 0.15) is 30.9 Å². The van der Waals surface area contributed by atoms with E-state index in [-0.39, 0.29) is 5.69 Å². The summed E-state index contributed by atoms with van der Waals surface area (Å²) in [5.74, 6) is -0.839. The van der Waals surface area contributed by atoms with Crippen LogP contribution < -0.4 is 11.4 Å². The van der Waals surface area contributed by atoms with Gasteiger partial charge in [-0.15, -0.1) is 0 Å². The predicted molar refractivity (Wildman–Crippen MR) is 69.8 cm³/mol. The van der Waals surface area contributed by atoms with Crippen molar-refractivity contribution in [2.75, 3.05) is 0 Å². The SMILES string of the molecule is NC(c1ccc2[nH]c(=O)[nH]c2c1)C1(C(=O)O)CCC1. The van der Waals surface area contributed by atoms with Crippen molar-refractivity contribution in [3.8, 4) is 0 Å². The van der Waals surface area contributed by atoms with E-state index < -0.39 is 17.4 Å². The number of fused-ring (bicyclic) bond motifs is 1. The molecule has 6 heteroatoms. The first-order valence-corrected chi connectivity index (χ1v) is 6.24. The number of carboxylic acid groups (broad SMARTS) is 1. The van der Waals surface area contributed by atoms with E-state index in [9.17, 15) is 14.7 Å². The molecule has 1 aliphatic rings. The smallest absolute Gasteiger partial charge is 0.323 e. The third kappa shape index (κ3) is 1.67. The average molecular weight is 261 g/mol. The molecule has 0 radical (unpaired) electrons. The Kier molecular flexibility index (Phi) is 2.50. The van der Waals surface area contributed by atoms with Gasteiger partial charge in [-0.2, -0.15) is 0 Å². The van der Waals surface area contributed by atoms with Crippen LogP contribution in [-0.4, -0.2) is 21.0 Å². The van der Waals surface area contributed by atoms with Crippen molar-refractivity contribution in [1.82, 2.24) is 9.97 Å². The highest BCUT2D eigenvalue weighted by molar-refractivity contribution is 5.79. The first-order chi connectivity index (χ1) is 9.03. The van der Waals surface area contributed by atoms with Gasteiger partial charge in [0, 0.05) is 6.04 Å². The molecular formula is C13H15N3O3. The van der Waals surface area contributed by atoms with E-state index in [1.807, 2.05) is 0 Å². The monoisotopic (exact) mass is 261 g/mol. The van der Waals surface area contributed by atoms with Crippen LogP contribution in [0.4, 0.5) is 0 Å². The molecule has 0 bridgehead atoms. The second-order valence-corrected chi connectivity index (χ2v) is 5.18. The third-order valence-electron chi connectivity index (χ3n) is 4.17. The van der Waals surface area contributed by atoms with Crippen LogP contribution in [0.25, 0.3) is 11.0 Å². The minimum Gasteiger partial charge on any atom is -0.481 e. The molecule has 1 aromatic carbocycles. The normalized spacial score (nSPS) is 19.0. The van der Waals surface area contributed by atoms with Gasteiger partial charge in [-0.25, -0.2) is 4.79 Å². The zero-order valence-corrected chi connectivity index (χ0v) is 10.3. The molecule has 1 fully saturated rings. The van der Waals surface area contributed by atoms with E-state index in [1.54, 1.807) is 18.2 Å². The molecule has 1 aromatic heterocycles. The summed E-state index contributed by atoms with van der Waals surface area (Å²) in [6.07, 6.45) is 2.10. The van der Waals surface area contributed by atoms with E-state index in [2.05, 4.69) is 9.97 Å². The Morgan fingerprint density at radius 3 is 2.58 bits per heavy atom. The fraction of sp³-hybridized carbons (Fsp3) is 0.385. The Morgan fingerprint density at radius 2 is 2.00 bits per heavy atom. The number of carboxylic acids is 1. The van der Waals surface area contributed by atoms with Crippen LogP contribution in [0.3, 0.4) is 0 Å². The molecule has 0 spiro atoms. The van der Waals surface area contributed by atoms with Gasteiger partial charge in [0.2, 0.25) is 0 Å². The zero-order valence-electron chi connectivity index (χ0n) is 10.3. The first kappa shape index (κ1) is 12.0. The summed E-state index contributed by atoms with van der Waals surface area (Å²) >= 11 is 0. The molecular weight excluding hydrogens is 246 g/mol. The van der Waals surface area contributed by atoms with E-state index in [0.29, 0.717) is 23.9 Å². The van der Waals surface area contributed by atoms with Gasteiger partial charge in [0.15, 0.2) is 0 Å². The highest BCUT2D eigenvalue weighted by Gasteiger charge is 2.49. The molecule has 1 heterocycles. The summed E-state index contributed by atoms with van der Waals surface area (Å²) in [5, 5.41) is 9.39. The Hall–Kier alpha value is -2.08. The Labute approximate surface area is 108 Å². The van der Waals surface area contributed by atoms with Crippen molar-refractivity contribution < 1.29 is 9.90 Å². The largest absolute Gasteiger partial charge is 0.481 e. The van der Waals surface area contributed by atoms with E-state index in [0.717, 1.165) is 12.0 Å². The molecule has 1 aliphatic carbocycles. The number of H-pyrrole nitrogens is 2. The quantitative estimate of drug-likeness (QED) is 0.663. The summed E-state index contributed by atoms with van der Waals surface area (Å²) in [5.41, 5.74) is 7.10. The lowest BCUT2D eigenvalue weighted by Gasteiger charge is -2.42. The number of carbonyl (C=O) groups is 1. The van der Waals surface area contributed by atoms with Crippen molar-refractivity contribution in [1.29, 1.82) is 0 Å². The van der Waals surface area contributed by atoms with Crippen molar-refractivity contribution in [2.45, 2.75) is 25.3 Å². The molecule has 5 N–H and O–H groups in total. The van der Waals surface area contributed by atoms with Gasteiger partial charge >= 0.3 is 11.7 Å². The molecule has 1 saturated carbocycles. The van der Waals surface area contributed by atoms with Crippen molar-refractivity contribution in [3.63, 3.8) is 0 Å². The van der Waals surface area contributed by atoms with Crippen LogP contribution in [0.15, 0.2) is 23.0 Å². The predicted octanol–water partition coefficient (Wildman–Crippen LogP) is 1.11. The highest BCUT2D eigenvalue weighted by Crippen LogP contribution is 2.49. The number of hydrogen-bond donors (Lipinski definition) is 4. The van der Waals surface area contributed by atoms with Gasteiger partial charge in [0.05, 0.1) is 16.4 Å². The third-order valence-corrected chi connectivity index (χ3v) is 4.17. The Morgan fingerprint density at radius 1 is 1.32 bits per heavy atom. The molecule has 1 atom stereocenters. The van der Waals surface area contributed by atoms with E-state index >= 15 is 0 Å². The molecule has 6 nitrogen and oxygen atoms in total. The molecule has 0 aliphatic heterocycles. The number of hydrogen-bond acceptors (Lipinski definition) is 3. The number of aliphatic carboxylic acids is 1. The summed E-state index contributed by atoms with van der Waals surface area (Å²) in [6.45, 7) is 0. The fourth-order valence-corrected chi connectivity index (χ4v) is 2.78. The number of aromatic amines is 2. The Balaban J connectivity index is 2.03. The van der Waals surface area contributed by atoms with Crippen molar-refractivity contribution in [2.24, 2.45) is 11.1 Å². The number of aromatic nitrogens is 2. The zero-order chi connectivity index (χ0) is 13.6. The molecule has 3 rings (SSSR count). The highest BCUT2D eigenvalue weighted by atomic mass is 16.4. The lowest BCUT2D eigenvalue weighted by molar-refractivity contribution is -0.156. The Bertz CT molecular complexity index is 696. The summed E-state index contributed by atoms with van der Waals surface area (Å²) in [6, 6.07) is 4.72. The maximum Gasteiger partial charge on any atom is 0.323 e. The van der Waals surface area contributed by atoms with Gasteiger partial charge in [-0.3, -0.25) is 4.79 Å². The first-order valence-electron chi connectivity index (χ1n) is 6.24. The lowest BCUT2D eigenvalue weighted by Crippen LogP contribution is -2.46. The number of imidazole rings is 1. The van der Waals surface area contributed by atoms with Crippen LogP contribution in [0, 0.1) is 5.41 Å². The van der Waals surface area contributed by atoms with Gasteiger partial charge < -0.3 is 20.8 Å². The second-order valence-electron chi connectivity index (χ2n) is 5.18. The van der Waals surface area contributed by atoms with Gasteiger partial charge in [0.25, 0.3) is 0 Å². The van der Waals surface area contributed by atoms with Crippen LogP contribution >= 0.6 is 0 Å². The van der Waals surface area contributed by atoms with Gasteiger partial charge in [-0.1, -0.05) is 12.5 Å².